The van der Waals surface area contributed by atoms with Gasteiger partial charge in [0, 0.05) is 28.5 Å². The number of aromatic nitrogens is 2. The van der Waals surface area contributed by atoms with Gasteiger partial charge in [-0.2, -0.15) is 13.2 Å². The Morgan fingerprint density at radius 1 is 1.06 bits per heavy atom. The van der Waals surface area contributed by atoms with Crippen molar-refractivity contribution in [2.45, 2.75) is 19.7 Å². The van der Waals surface area contributed by atoms with Crippen molar-refractivity contribution in [1.82, 2.24) is 9.55 Å². The van der Waals surface area contributed by atoms with Crippen LogP contribution < -0.4 is 20.9 Å². The van der Waals surface area contributed by atoms with Crippen LogP contribution in [0, 0.1) is 6.92 Å². The summed E-state index contributed by atoms with van der Waals surface area (Å²) in [6, 6.07) is 12.9. The molecule has 0 aliphatic carbocycles. The minimum absolute atomic E-state index is 0.0167. The number of amides is 2. The number of nitrogens with zero attached hydrogens (tertiary/aromatic N) is 2. The van der Waals surface area contributed by atoms with E-state index in [1.54, 1.807) is 43.4 Å². The standard InChI is InChI=1S/C25H20BrF3N4O3/c1-14-3-4-17(10-20(14)25(27,28)29)32-24(35)31-16-5-7-21(26)15(9-16)12-36-18-6-8-22-19(11-18)23(34)33(2)13-30-22/h3-11,13H,12H2,1-2H3,(H2,31,32,35). The molecule has 0 unspecified atom stereocenters. The quantitative estimate of drug-likeness (QED) is 0.302. The lowest BCUT2D eigenvalue weighted by molar-refractivity contribution is -0.138. The van der Waals surface area contributed by atoms with Gasteiger partial charge in [-0.1, -0.05) is 22.0 Å². The molecule has 11 heteroatoms. The molecular formula is C25H20BrF3N4O3. The van der Waals surface area contributed by atoms with Crippen LogP contribution in [0.1, 0.15) is 16.7 Å². The van der Waals surface area contributed by atoms with E-state index in [0.29, 0.717) is 27.9 Å². The number of fused-ring (bicyclic) bond motifs is 1. The second kappa shape index (κ2) is 10.0. The van der Waals surface area contributed by atoms with Gasteiger partial charge in [-0.15, -0.1) is 0 Å². The van der Waals surface area contributed by atoms with Crippen molar-refractivity contribution >= 4 is 44.2 Å². The molecule has 1 heterocycles. The van der Waals surface area contributed by atoms with Gasteiger partial charge in [-0.05, 0) is 61.0 Å². The van der Waals surface area contributed by atoms with Crippen molar-refractivity contribution in [1.29, 1.82) is 0 Å². The third-order valence-electron chi connectivity index (χ3n) is 5.39. The third kappa shape index (κ3) is 5.68. The normalized spacial score (nSPS) is 11.4. The topological polar surface area (TPSA) is 85.2 Å². The average Bonchev–Trinajstić information content (AvgIpc) is 2.82. The summed E-state index contributed by atoms with van der Waals surface area (Å²) in [5.41, 5.74) is 0.734. The Morgan fingerprint density at radius 3 is 2.47 bits per heavy atom. The van der Waals surface area contributed by atoms with Crippen molar-refractivity contribution < 1.29 is 22.7 Å². The molecule has 186 valence electrons. The Balaban J connectivity index is 1.45. The summed E-state index contributed by atoms with van der Waals surface area (Å²) in [5.74, 6) is 0.468. The third-order valence-corrected chi connectivity index (χ3v) is 6.16. The maximum absolute atomic E-state index is 13.1. The highest BCUT2D eigenvalue weighted by molar-refractivity contribution is 9.10. The van der Waals surface area contributed by atoms with Crippen molar-refractivity contribution in [3.05, 3.63) is 92.4 Å². The second-order valence-corrected chi connectivity index (χ2v) is 8.90. The van der Waals surface area contributed by atoms with Crippen LogP contribution in [0.5, 0.6) is 5.75 Å². The number of benzene rings is 3. The summed E-state index contributed by atoms with van der Waals surface area (Å²) in [6.07, 6.45) is -3.07. The number of alkyl halides is 3. The zero-order valence-electron chi connectivity index (χ0n) is 19.1. The summed E-state index contributed by atoms with van der Waals surface area (Å²) >= 11 is 3.44. The zero-order chi connectivity index (χ0) is 26.0. The average molecular weight is 561 g/mol. The van der Waals surface area contributed by atoms with Gasteiger partial charge in [0.1, 0.15) is 12.4 Å². The first kappa shape index (κ1) is 25.2. The highest BCUT2D eigenvalue weighted by Crippen LogP contribution is 2.33. The molecule has 2 N–H and O–H groups in total. The minimum atomic E-state index is -4.52. The number of rotatable bonds is 5. The number of nitrogens with one attached hydrogen (secondary N) is 2. The SMILES string of the molecule is Cc1ccc(NC(=O)Nc2ccc(Br)c(COc3ccc4ncn(C)c(=O)c4c3)c2)cc1C(F)(F)F. The fraction of sp³-hybridized carbons (Fsp3) is 0.160. The highest BCUT2D eigenvalue weighted by atomic mass is 79.9. The monoisotopic (exact) mass is 560 g/mol. The van der Waals surface area contributed by atoms with E-state index in [1.165, 1.54) is 30.0 Å². The molecule has 4 rings (SSSR count). The molecule has 0 spiro atoms. The number of urea groups is 1. The largest absolute Gasteiger partial charge is 0.489 e. The number of carbonyl (C=O) groups is 1. The number of aryl methyl sites for hydroxylation is 2. The van der Waals surface area contributed by atoms with Gasteiger partial charge in [0.2, 0.25) is 0 Å². The van der Waals surface area contributed by atoms with Gasteiger partial charge in [0.15, 0.2) is 0 Å². The predicted octanol–water partition coefficient (Wildman–Crippen LogP) is 6.25. The van der Waals surface area contributed by atoms with Crippen LogP contribution in [0.4, 0.5) is 29.3 Å². The zero-order valence-corrected chi connectivity index (χ0v) is 20.7. The molecule has 0 aliphatic rings. The molecule has 2 amide bonds. The Bertz CT molecular complexity index is 1520. The fourth-order valence-corrected chi connectivity index (χ4v) is 3.86. The van der Waals surface area contributed by atoms with Crippen LogP contribution in [0.2, 0.25) is 0 Å². The number of hydrogen-bond acceptors (Lipinski definition) is 4. The van der Waals surface area contributed by atoms with Gasteiger partial charge in [0.05, 0.1) is 22.8 Å². The molecule has 7 nitrogen and oxygen atoms in total. The molecule has 1 aromatic heterocycles. The Morgan fingerprint density at radius 2 is 1.75 bits per heavy atom. The number of ether oxygens (including phenoxy) is 1. The Hall–Kier alpha value is -3.86. The lowest BCUT2D eigenvalue weighted by Gasteiger charge is -2.14. The minimum Gasteiger partial charge on any atom is -0.489 e. The van der Waals surface area contributed by atoms with E-state index in [-0.39, 0.29) is 23.4 Å². The molecule has 0 saturated carbocycles. The number of halogens is 4. The van der Waals surface area contributed by atoms with Gasteiger partial charge >= 0.3 is 12.2 Å². The van der Waals surface area contributed by atoms with E-state index in [0.717, 1.165) is 10.5 Å². The molecule has 0 aliphatic heterocycles. The van der Waals surface area contributed by atoms with Crippen molar-refractivity contribution in [3.8, 4) is 5.75 Å². The van der Waals surface area contributed by atoms with E-state index in [9.17, 15) is 22.8 Å². The first-order valence-electron chi connectivity index (χ1n) is 10.6. The summed E-state index contributed by atoms with van der Waals surface area (Å²) in [5, 5.41) is 5.45. The fourth-order valence-electron chi connectivity index (χ4n) is 3.50. The smallest absolute Gasteiger partial charge is 0.416 e. The van der Waals surface area contributed by atoms with Crippen LogP contribution in [0.3, 0.4) is 0 Å². The van der Waals surface area contributed by atoms with Crippen LogP contribution in [-0.4, -0.2) is 15.6 Å². The van der Waals surface area contributed by atoms with E-state index < -0.39 is 17.8 Å². The lowest BCUT2D eigenvalue weighted by atomic mass is 10.1. The summed E-state index contributed by atoms with van der Waals surface area (Å²) < 4.78 is 47.4. The van der Waals surface area contributed by atoms with Crippen LogP contribution in [0.15, 0.2) is 70.2 Å². The Kier molecular flexibility index (Phi) is 7.02. The molecule has 0 fully saturated rings. The van der Waals surface area contributed by atoms with Gasteiger partial charge in [0.25, 0.3) is 5.56 Å². The first-order chi connectivity index (χ1) is 17.0. The molecule has 0 radical (unpaired) electrons. The maximum Gasteiger partial charge on any atom is 0.416 e. The molecule has 0 bridgehead atoms. The van der Waals surface area contributed by atoms with E-state index >= 15 is 0 Å². The van der Waals surface area contributed by atoms with Gasteiger partial charge in [-0.3, -0.25) is 4.79 Å². The summed E-state index contributed by atoms with van der Waals surface area (Å²) in [4.78, 5) is 28.9. The van der Waals surface area contributed by atoms with Crippen molar-refractivity contribution in [2.24, 2.45) is 7.05 Å². The predicted molar refractivity (Wildman–Crippen MR) is 134 cm³/mol. The molecule has 0 atom stereocenters. The van der Waals surface area contributed by atoms with E-state index in [4.69, 9.17) is 4.74 Å². The van der Waals surface area contributed by atoms with E-state index in [1.807, 2.05) is 0 Å². The van der Waals surface area contributed by atoms with Crippen molar-refractivity contribution in [3.63, 3.8) is 0 Å². The molecule has 4 aromatic rings. The van der Waals surface area contributed by atoms with Crippen LogP contribution >= 0.6 is 15.9 Å². The van der Waals surface area contributed by atoms with Gasteiger partial charge < -0.3 is 19.9 Å². The van der Waals surface area contributed by atoms with Crippen LogP contribution in [0.25, 0.3) is 10.9 Å². The molecule has 3 aromatic carbocycles. The summed E-state index contributed by atoms with van der Waals surface area (Å²) in [7, 11) is 1.61. The second-order valence-electron chi connectivity index (χ2n) is 8.04. The van der Waals surface area contributed by atoms with Crippen LogP contribution in [-0.2, 0) is 19.8 Å². The Labute approximate surface area is 212 Å². The highest BCUT2D eigenvalue weighted by Gasteiger charge is 2.32. The van der Waals surface area contributed by atoms with Crippen molar-refractivity contribution in [2.75, 3.05) is 10.6 Å². The molecule has 0 saturated heterocycles. The van der Waals surface area contributed by atoms with Gasteiger partial charge in [-0.25, -0.2) is 9.78 Å². The number of hydrogen-bond donors (Lipinski definition) is 2. The number of anilines is 2. The maximum atomic E-state index is 13.1. The lowest BCUT2D eigenvalue weighted by Crippen LogP contribution is -2.20. The van der Waals surface area contributed by atoms with E-state index in [2.05, 4.69) is 31.5 Å². The number of carbonyl (C=O) groups excluding carboxylic acids is 1. The molecule has 36 heavy (non-hydrogen) atoms. The first-order valence-corrected chi connectivity index (χ1v) is 11.4. The molecular weight excluding hydrogens is 541 g/mol. The summed E-state index contributed by atoms with van der Waals surface area (Å²) in [6.45, 7) is 1.48.